The quantitative estimate of drug-likeness (QED) is 0.770. The van der Waals surface area contributed by atoms with Gasteiger partial charge in [0, 0.05) is 0 Å². The first-order valence-electron chi connectivity index (χ1n) is 6.86. The highest BCUT2D eigenvalue weighted by Gasteiger charge is 2.37. The van der Waals surface area contributed by atoms with Gasteiger partial charge in [-0.25, -0.2) is 0 Å². The van der Waals surface area contributed by atoms with Crippen molar-refractivity contribution in [2.24, 2.45) is 23.7 Å². The zero-order valence-electron chi connectivity index (χ0n) is 10.9. The van der Waals surface area contributed by atoms with Crippen molar-refractivity contribution in [1.82, 2.24) is 0 Å². The monoisotopic (exact) mass is 226 g/mol. The smallest absolute Gasteiger partial charge is 0.306 e. The highest BCUT2D eigenvalue weighted by molar-refractivity contribution is 5.70. The highest BCUT2D eigenvalue weighted by atomic mass is 16.4. The SMILES string of the molecule is CCC1CCC(C(=O)O)C(C(CC)CC)C1. The minimum Gasteiger partial charge on any atom is -0.481 e. The summed E-state index contributed by atoms with van der Waals surface area (Å²) < 4.78 is 0. The first kappa shape index (κ1) is 13.5. The molecule has 0 aliphatic heterocycles. The van der Waals surface area contributed by atoms with Gasteiger partial charge in [0.2, 0.25) is 0 Å². The van der Waals surface area contributed by atoms with Crippen molar-refractivity contribution in [3.8, 4) is 0 Å². The first-order chi connectivity index (χ1) is 7.63. The molecule has 0 radical (unpaired) electrons. The van der Waals surface area contributed by atoms with Crippen LogP contribution in [0.1, 0.15) is 59.3 Å². The van der Waals surface area contributed by atoms with Crippen LogP contribution in [0.2, 0.25) is 0 Å². The van der Waals surface area contributed by atoms with Crippen molar-refractivity contribution >= 4 is 5.97 Å². The fourth-order valence-electron chi connectivity index (χ4n) is 3.39. The van der Waals surface area contributed by atoms with Crippen LogP contribution in [0.3, 0.4) is 0 Å². The van der Waals surface area contributed by atoms with Crippen LogP contribution >= 0.6 is 0 Å². The summed E-state index contributed by atoms with van der Waals surface area (Å²) in [6.07, 6.45) is 6.62. The molecule has 3 unspecified atom stereocenters. The molecule has 1 N–H and O–H groups in total. The number of hydrogen-bond acceptors (Lipinski definition) is 1. The van der Waals surface area contributed by atoms with Gasteiger partial charge in [-0.05, 0) is 37.0 Å². The van der Waals surface area contributed by atoms with Gasteiger partial charge >= 0.3 is 5.97 Å². The molecular weight excluding hydrogens is 200 g/mol. The zero-order chi connectivity index (χ0) is 12.1. The Bertz CT molecular complexity index is 221. The van der Waals surface area contributed by atoms with Crippen LogP contribution in [0.25, 0.3) is 0 Å². The summed E-state index contributed by atoms with van der Waals surface area (Å²) in [6.45, 7) is 6.63. The Labute approximate surface area is 99.4 Å². The molecule has 0 bridgehead atoms. The molecule has 1 fully saturated rings. The van der Waals surface area contributed by atoms with Crippen molar-refractivity contribution in [2.75, 3.05) is 0 Å². The number of carbonyl (C=O) groups is 1. The summed E-state index contributed by atoms with van der Waals surface area (Å²) in [7, 11) is 0. The third kappa shape index (κ3) is 2.99. The summed E-state index contributed by atoms with van der Waals surface area (Å²) >= 11 is 0. The van der Waals surface area contributed by atoms with E-state index < -0.39 is 5.97 Å². The molecule has 94 valence electrons. The van der Waals surface area contributed by atoms with Crippen molar-refractivity contribution in [2.45, 2.75) is 59.3 Å². The molecule has 0 spiro atoms. The van der Waals surface area contributed by atoms with Gasteiger partial charge in [-0.1, -0.05) is 40.0 Å². The Kier molecular flexibility index (Phi) is 5.30. The molecule has 2 heteroatoms. The van der Waals surface area contributed by atoms with E-state index in [1.54, 1.807) is 0 Å². The summed E-state index contributed by atoms with van der Waals surface area (Å²) in [6, 6.07) is 0. The standard InChI is InChI=1S/C14H26O2/c1-4-10-7-8-12(14(15)16)13(9-10)11(5-2)6-3/h10-13H,4-9H2,1-3H3,(H,15,16). The fourth-order valence-corrected chi connectivity index (χ4v) is 3.39. The van der Waals surface area contributed by atoms with E-state index in [0.717, 1.165) is 38.0 Å². The molecule has 16 heavy (non-hydrogen) atoms. The second-order valence-electron chi connectivity index (χ2n) is 5.27. The largest absolute Gasteiger partial charge is 0.481 e. The van der Waals surface area contributed by atoms with Gasteiger partial charge in [0.05, 0.1) is 5.92 Å². The predicted octanol–water partition coefficient (Wildman–Crippen LogP) is 3.95. The highest BCUT2D eigenvalue weighted by Crippen LogP contribution is 2.41. The lowest BCUT2D eigenvalue weighted by Crippen LogP contribution is -2.35. The van der Waals surface area contributed by atoms with Crippen molar-refractivity contribution < 1.29 is 9.90 Å². The number of carboxylic acid groups (broad SMARTS) is 1. The molecule has 0 amide bonds. The average molecular weight is 226 g/mol. The lowest BCUT2D eigenvalue weighted by molar-refractivity contribution is -0.146. The van der Waals surface area contributed by atoms with Gasteiger partial charge in [-0.15, -0.1) is 0 Å². The van der Waals surface area contributed by atoms with Crippen molar-refractivity contribution in [3.63, 3.8) is 0 Å². The molecule has 0 saturated heterocycles. The maximum Gasteiger partial charge on any atom is 0.306 e. The van der Waals surface area contributed by atoms with Crippen LogP contribution in [-0.4, -0.2) is 11.1 Å². The molecular formula is C14H26O2. The van der Waals surface area contributed by atoms with Crippen LogP contribution in [0.4, 0.5) is 0 Å². The first-order valence-corrected chi connectivity index (χ1v) is 6.86. The van der Waals surface area contributed by atoms with Gasteiger partial charge in [-0.2, -0.15) is 0 Å². The Balaban J connectivity index is 2.74. The Morgan fingerprint density at radius 1 is 1.25 bits per heavy atom. The van der Waals surface area contributed by atoms with E-state index in [2.05, 4.69) is 20.8 Å². The summed E-state index contributed by atoms with van der Waals surface area (Å²) in [5.41, 5.74) is 0. The molecule has 1 saturated carbocycles. The van der Waals surface area contributed by atoms with Gasteiger partial charge in [0.25, 0.3) is 0 Å². The normalized spacial score (nSPS) is 30.6. The van der Waals surface area contributed by atoms with Crippen LogP contribution < -0.4 is 0 Å². The molecule has 0 aromatic heterocycles. The fraction of sp³-hybridized carbons (Fsp3) is 0.929. The predicted molar refractivity (Wildman–Crippen MR) is 66.3 cm³/mol. The van der Waals surface area contributed by atoms with Crippen molar-refractivity contribution in [3.05, 3.63) is 0 Å². The maximum absolute atomic E-state index is 11.3. The Hall–Kier alpha value is -0.530. The van der Waals surface area contributed by atoms with Gasteiger partial charge < -0.3 is 5.11 Å². The second kappa shape index (κ2) is 6.27. The van der Waals surface area contributed by atoms with E-state index in [4.69, 9.17) is 0 Å². The lowest BCUT2D eigenvalue weighted by atomic mass is 9.67. The van der Waals surface area contributed by atoms with Crippen LogP contribution in [0.15, 0.2) is 0 Å². The average Bonchev–Trinajstić information content (AvgIpc) is 2.30. The lowest BCUT2D eigenvalue weighted by Gasteiger charge is -2.38. The minimum atomic E-state index is -0.563. The molecule has 0 heterocycles. The van der Waals surface area contributed by atoms with Crippen molar-refractivity contribution in [1.29, 1.82) is 0 Å². The number of rotatable bonds is 5. The third-order valence-corrected chi connectivity index (χ3v) is 4.56. The van der Waals surface area contributed by atoms with Crippen LogP contribution in [-0.2, 0) is 4.79 Å². The molecule has 3 atom stereocenters. The van der Waals surface area contributed by atoms with Gasteiger partial charge in [0.15, 0.2) is 0 Å². The van der Waals surface area contributed by atoms with E-state index in [9.17, 15) is 9.90 Å². The summed E-state index contributed by atoms with van der Waals surface area (Å²) in [5.74, 6) is 1.15. The summed E-state index contributed by atoms with van der Waals surface area (Å²) in [5, 5.41) is 9.31. The maximum atomic E-state index is 11.3. The van der Waals surface area contributed by atoms with E-state index in [0.29, 0.717) is 11.8 Å². The van der Waals surface area contributed by atoms with Gasteiger partial charge in [0.1, 0.15) is 0 Å². The van der Waals surface area contributed by atoms with Crippen LogP contribution in [0.5, 0.6) is 0 Å². The molecule has 0 aromatic carbocycles. The number of hydrogen-bond donors (Lipinski definition) is 1. The summed E-state index contributed by atoms with van der Waals surface area (Å²) in [4.78, 5) is 11.3. The van der Waals surface area contributed by atoms with E-state index >= 15 is 0 Å². The van der Waals surface area contributed by atoms with E-state index in [1.807, 2.05) is 0 Å². The molecule has 1 aliphatic rings. The topological polar surface area (TPSA) is 37.3 Å². The van der Waals surface area contributed by atoms with Crippen LogP contribution in [0, 0.1) is 23.7 Å². The van der Waals surface area contributed by atoms with E-state index in [-0.39, 0.29) is 5.92 Å². The number of aliphatic carboxylic acids is 1. The Morgan fingerprint density at radius 2 is 1.88 bits per heavy atom. The minimum absolute atomic E-state index is 0.0762. The zero-order valence-corrected chi connectivity index (χ0v) is 10.9. The second-order valence-corrected chi connectivity index (χ2v) is 5.27. The third-order valence-electron chi connectivity index (χ3n) is 4.56. The molecule has 1 rings (SSSR count). The molecule has 2 nitrogen and oxygen atoms in total. The Morgan fingerprint density at radius 3 is 2.31 bits per heavy atom. The van der Waals surface area contributed by atoms with Gasteiger partial charge in [-0.3, -0.25) is 4.79 Å². The van der Waals surface area contributed by atoms with E-state index in [1.165, 1.54) is 6.42 Å². The molecule has 0 aromatic rings. The molecule has 1 aliphatic carbocycles. The number of carboxylic acids is 1.